The Hall–Kier alpha value is -1.10. The Balaban J connectivity index is 1.79. The van der Waals surface area contributed by atoms with Crippen LogP contribution in [0, 0.1) is 5.92 Å². The van der Waals surface area contributed by atoms with Gasteiger partial charge in [0.15, 0.2) is 0 Å². The van der Waals surface area contributed by atoms with Crippen molar-refractivity contribution in [1.29, 1.82) is 0 Å². The van der Waals surface area contributed by atoms with E-state index in [0.717, 1.165) is 38.5 Å². The van der Waals surface area contributed by atoms with Crippen LogP contribution in [0.3, 0.4) is 0 Å². The Morgan fingerprint density at radius 2 is 1.65 bits per heavy atom. The predicted octanol–water partition coefficient (Wildman–Crippen LogP) is 2.10. The molecule has 0 unspecified atom stereocenters. The summed E-state index contributed by atoms with van der Waals surface area (Å²) in [5.74, 6) is -1.42. The van der Waals surface area contributed by atoms with Crippen LogP contribution in [0.5, 0.6) is 0 Å². The number of carboxylic acids is 1. The molecular weight excluding hydrogens is 258 g/mol. The predicted molar refractivity (Wildman–Crippen MR) is 74.3 cm³/mol. The van der Waals surface area contributed by atoms with Crippen molar-refractivity contribution < 1.29 is 19.4 Å². The maximum absolute atomic E-state index is 11.9. The molecule has 2 N–H and O–H groups in total. The number of amides is 1. The molecular formula is C15H25NO4. The van der Waals surface area contributed by atoms with Gasteiger partial charge in [0.05, 0.1) is 12.0 Å². The molecule has 1 amide bonds. The smallest absolute Gasteiger partial charge is 0.308 e. The van der Waals surface area contributed by atoms with E-state index in [1.165, 1.54) is 12.8 Å². The van der Waals surface area contributed by atoms with E-state index in [2.05, 4.69) is 5.32 Å². The van der Waals surface area contributed by atoms with Gasteiger partial charge in [-0.1, -0.05) is 32.1 Å². The summed E-state index contributed by atoms with van der Waals surface area (Å²) < 4.78 is 5.57. The van der Waals surface area contributed by atoms with E-state index in [9.17, 15) is 14.7 Å². The van der Waals surface area contributed by atoms with E-state index in [1.54, 1.807) is 0 Å². The third kappa shape index (κ3) is 4.47. The zero-order valence-corrected chi connectivity index (χ0v) is 12.0. The summed E-state index contributed by atoms with van der Waals surface area (Å²) in [5, 5.41) is 12.1. The van der Waals surface area contributed by atoms with Crippen molar-refractivity contribution in [3.8, 4) is 0 Å². The van der Waals surface area contributed by atoms with Crippen LogP contribution in [-0.2, 0) is 14.3 Å². The van der Waals surface area contributed by atoms with Crippen LogP contribution in [-0.4, -0.2) is 35.7 Å². The van der Waals surface area contributed by atoms with Gasteiger partial charge in [-0.2, -0.15) is 0 Å². The lowest BCUT2D eigenvalue weighted by atomic mass is 9.95. The number of rotatable bonds is 5. The Bertz CT molecular complexity index is 339. The maximum Gasteiger partial charge on any atom is 0.308 e. The molecule has 0 bridgehead atoms. The molecule has 0 aromatic heterocycles. The molecule has 2 saturated carbocycles. The number of ether oxygens (including phenoxy) is 1. The zero-order chi connectivity index (χ0) is 14.4. The second kappa shape index (κ2) is 7.62. The third-order valence-electron chi connectivity index (χ3n) is 4.43. The molecule has 5 heteroatoms. The van der Waals surface area contributed by atoms with Gasteiger partial charge in [0.25, 0.3) is 0 Å². The highest BCUT2D eigenvalue weighted by atomic mass is 16.5. The number of aliphatic carboxylic acids is 1. The Labute approximate surface area is 120 Å². The van der Waals surface area contributed by atoms with Crippen LogP contribution < -0.4 is 5.32 Å². The second-order valence-corrected chi connectivity index (χ2v) is 5.97. The van der Waals surface area contributed by atoms with Gasteiger partial charge in [-0.15, -0.1) is 0 Å². The van der Waals surface area contributed by atoms with E-state index < -0.39 is 11.9 Å². The average molecular weight is 283 g/mol. The van der Waals surface area contributed by atoms with Crippen LogP contribution >= 0.6 is 0 Å². The molecule has 5 nitrogen and oxygen atoms in total. The first-order valence-electron chi connectivity index (χ1n) is 7.80. The van der Waals surface area contributed by atoms with Crippen LogP contribution in [0.2, 0.25) is 0 Å². The van der Waals surface area contributed by atoms with Crippen LogP contribution in [0.15, 0.2) is 0 Å². The van der Waals surface area contributed by atoms with Crippen molar-refractivity contribution in [3.05, 3.63) is 0 Å². The van der Waals surface area contributed by atoms with Gasteiger partial charge in [0.2, 0.25) is 5.91 Å². The van der Waals surface area contributed by atoms with E-state index >= 15 is 0 Å². The molecule has 0 spiro atoms. The van der Waals surface area contributed by atoms with Gasteiger partial charge >= 0.3 is 5.97 Å². The molecule has 0 heterocycles. The Morgan fingerprint density at radius 3 is 2.35 bits per heavy atom. The molecule has 0 saturated heterocycles. The molecule has 2 aliphatic carbocycles. The average Bonchev–Trinajstić information content (AvgIpc) is 2.82. The van der Waals surface area contributed by atoms with Crippen molar-refractivity contribution in [2.24, 2.45) is 5.92 Å². The van der Waals surface area contributed by atoms with Gasteiger partial charge < -0.3 is 15.2 Å². The van der Waals surface area contributed by atoms with Crippen molar-refractivity contribution in [3.63, 3.8) is 0 Å². The summed E-state index contributed by atoms with van der Waals surface area (Å²) in [7, 11) is 0. The lowest BCUT2D eigenvalue weighted by Gasteiger charge is -2.23. The highest BCUT2D eigenvalue weighted by molar-refractivity contribution is 5.79. The van der Waals surface area contributed by atoms with Gasteiger partial charge in [0, 0.05) is 6.04 Å². The van der Waals surface area contributed by atoms with Crippen molar-refractivity contribution in [2.75, 3.05) is 6.61 Å². The minimum absolute atomic E-state index is 0.0630. The molecule has 20 heavy (non-hydrogen) atoms. The molecule has 0 radical (unpaired) electrons. The first-order chi connectivity index (χ1) is 9.66. The fraction of sp³-hybridized carbons (Fsp3) is 0.867. The number of hydrogen-bond acceptors (Lipinski definition) is 3. The molecule has 2 aliphatic rings. The SMILES string of the molecule is O=C(COC1CCCC1)N[C@H]1CCCCC[C@H]1C(=O)O. The molecule has 2 fully saturated rings. The number of carbonyl (C=O) groups is 2. The monoisotopic (exact) mass is 283 g/mol. The quantitative estimate of drug-likeness (QED) is 0.758. The molecule has 2 rings (SSSR count). The van der Waals surface area contributed by atoms with Crippen molar-refractivity contribution in [2.45, 2.75) is 69.9 Å². The Morgan fingerprint density at radius 1 is 1.00 bits per heavy atom. The van der Waals surface area contributed by atoms with Crippen LogP contribution in [0.1, 0.15) is 57.8 Å². The molecule has 2 atom stereocenters. The first-order valence-corrected chi connectivity index (χ1v) is 7.80. The summed E-state index contributed by atoms with van der Waals surface area (Å²) in [6.07, 6.45) is 9.02. The number of carboxylic acid groups (broad SMARTS) is 1. The normalized spacial score (nSPS) is 28.0. The highest BCUT2D eigenvalue weighted by Crippen LogP contribution is 2.24. The summed E-state index contributed by atoms with van der Waals surface area (Å²) in [5.41, 5.74) is 0. The minimum Gasteiger partial charge on any atom is -0.481 e. The minimum atomic E-state index is -0.797. The highest BCUT2D eigenvalue weighted by Gasteiger charge is 2.30. The van der Waals surface area contributed by atoms with E-state index in [4.69, 9.17) is 4.74 Å². The van der Waals surface area contributed by atoms with Crippen molar-refractivity contribution in [1.82, 2.24) is 5.32 Å². The Kier molecular flexibility index (Phi) is 5.83. The standard InChI is InChI=1S/C15H25NO4/c17-14(10-20-11-6-4-5-7-11)16-13-9-3-1-2-8-12(13)15(18)19/h11-13H,1-10H2,(H,16,17)(H,18,19)/t12-,13+/m1/s1. The fourth-order valence-corrected chi connectivity index (χ4v) is 3.27. The number of carbonyl (C=O) groups excluding carboxylic acids is 1. The van der Waals surface area contributed by atoms with Crippen LogP contribution in [0.25, 0.3) is 0 Å². The zero-order valence-electron chi connectivity index (χ0n) is 12.0. The second-order valence-electron chi connectivity index (χ2n) is 5.97. The largest absolute Gasteiger partial charge is 0.481 e. The molecule has 0 aromatic rings. The van der Waals surface area contributed by atoms with Crippen molar-refractivity contribution >= 4 is 11.9 Å². The summed E-state index contributed by atoms with van der Waals surface area (Å²) in [6.45, 7) is 0.0630. The van der Waals surface area contributed by atoms with Gasteiger partial charge in [0.1, 0.15) is 6.61 Å². The molecule has 0 aliphatic heterocycles. The van der Waals surface area contributed by atoms with E-state index in [1.807, 2.05) is 0 Å². The van der Waals surface area contributed by atoms with E-state index in [-0.39, 0.29) is 24.7 Å². The lowest BCUT2D eigenvalue weighted by Crippen LogP contribution is -2.44. The van der Waals surface area contributed by atoms with Crippen LogP contribution in [0.4, 0.5) is 0 Å². The van der Waals surface area contributed by atoms with Gasteiger partial charge in [-0.3, -0.25) is 9.59 Å². The number of nitrogens with one attached hydrogen (secondary N) is 1. The summed E-state index contributed by atoms with van der Waals surface area (Å²) >= 11 is 0. The third-order valence-corrected chi connectivity index (χ3v) is 4.43. The fourth-order valence-electron chi connectivity index (χ4n) is 3.27. The topological polar surface area (TPSA) is 75.6 Å². The van der Waals surface area contributed by atoms with E-state index in [0.29, 0.717) is 6.42 Å². The lowest BCUT2D eigenvalue weighted by molar-refractivity contribution is -0.143. The summed E-state index contributed by atoms with van der Waals surface area (Å²) in [6, 6.07) is -0.241. The van der Waals surface area contributed by atoms with Gasteiger partial charge in [-0.25, -0.2) is 0 Å². The summed E-state index contributed by atoms with van der Waals surface area (Å²) in [4.78, 5) is 23.2. The maximum atomic E-state index is 11.9. The molecule has 114 valence electrons. The molecule has 0 aromatic carbocycles. The van der Waals surface area contributed by atoms with Gasteiger partial charge in [-0.05, 0) is 25.7 Å². The number of hydrogen-bond donors (Lipinski definition) is 2. The first kappa shape index (κ1) is 15.3.